The predicted octanol–water partition coefficient (Wildman–Crippen LogP) is 1.40. The van der Waals surface area contributed by atoms with Crippen molar-refractivity contribution in [3.05, 3.63) is 36.9 Å². The highest BCUT2D eigenvalue weighted by Crippen LogP contribution is 2.29. The number of carbonyl (C=O) groups is 2. The fourth-order valence-corrected chi connectivity index (χ4v) is 2.86. The first-order valence-corrected chi connectivity index (χ1v) is 7.60. The molecule has 1 saturated heterocycles. The van der Waals surface area contributed by atoms with E-state index < -0.39 is 5.54 Å². The highest BCUT2D eigenvalue weighted by molar-refractivity contribution is 5.91. The van der Waals surface area contributed by atoms with Gasteiger partial charge in [-0.25, -0.2) is 0 Å². The molecule has 0 unspecified atom stereocenters. The van der Waals surface area contributed by atoms with Crippen molar-refractivity contribution in [3.8, 4) is 5.75 Å². The normalized spacial score (nSPS) is 16.3. The van der Waals surface area contributed by atoms with Crippen LogP contribution in [0.25, 0.3) is 0 Å². The highest BCUT2D eigenvalue weighted by atomic mass is 16.5. The summed E-state index contributed by atoms with van der Waals surface area (Å²) in [6, 6.07) is 7.47. The van der Waals surface area contributed by atoms with E-state index in [1.807, 2.05) is 24.3 Å². The van der Waals surface area contributed by atoms with Crippen molar-refractivity contribution < 1.29 is 14.3 Å². The maximum absolute atomic E-state index is 12.5. The molecule has 1 aliphatic heterocycles. The molecule has 0 radical (unpaired) electrons. The number of nitrogens with zero attached hydrogens (tertiary/aromatic N) is 1. The van der Waals surface area contributed by atoms with Crippen LogP contribution in [0.2, 0.25) is 0 Å². The van der Waals surface area contributed by atoms with Crippen molar-refractivity contribution in [1.82, 2.24) is 10.2 Å². The van der Waals surface area contributed by atoms with Crippen LogP contribution in [0.3, 0.4) is 0 Å². The first-order valence-electron chi connectivity index (χ1n) is 7.60. The van der Waals surface area contributed by atoms with Crippen molar-refractivity contribution in [2.45, 2.75) is 18.4 Å². The summed E-state index contributed by atoms with van der Waals surface area (Å²) in [4.78, 5) is 25.9. The number of hydrogen-bond acceptors (Lipinski definition) is 4. The molecule has 124 valence electrons. The summed E-state index contributed by atoms with van der Waals surface area (Å²) in [5.41, 5.74) is 0.0791. The van der Waals surface area contributed by atoms with E-state index in [1.165, 1.54) is 6.08 Å². The lowest BCUT2D eigenvalue weighted by atomic mass is 9.86. The Kier molecular flexibility index (Phi) is 5.26. The fourth-order valence-electron chi connectivity index (χ4n) is 2.86. The molecule has 0 bridgehead atoms. The topological polar surface area (TPSA) is 70.7 Å². The van der Waals surface area contributed by atoms with Gasteiger partial charge in [-0.15, -0.1) is 0 Å². The van der Waals surface area contributed by atoms with Crippen LogP contribution < -0.4 is 15.4 Å². The Hall–Kier alpha value is -2.50. The molecule has 1 heterocycles. The molecule has 2 amide bonds. The molecule has 23 heavy (non-hydrogen) atoms. The Morgan fingerprint density at radius 1 is 1.35 bits per heavy atom. The Morgan fingerprint density at radius 2 is 2.04 bits per heavy atom. The number of methoxy groups -OCH3 is 1. The highest BCUT2D eigenvalue weighted by Gasteiger charge is 2.41. The van der Waals surface area contributed by atoms with E-state index in [4.69, 9.17) is 4.74 Å². The van der Waals surface area contributed by atoms with Crippen LogP contribution in [0.15, 0.2) is 36.9 Å². The van der Waals surface area contributed by atoms with Crippen LogP contribution in [0.1, 0.15) is 12.8 Å². The van der Waals surface area contributed by atoms with E-state index >= 15 is 0 Å². The lowest BCUT2D eigenvalue weighted by Gasteiger charge is -2.41. The predicted molar refractivity (Wildman–Crippen MR) is 89.4 cm³/mol. The quantitative estimate of drug-likeness (QED) is 0.806. The number of amides is 2. The Labute approximate surface area is 136 Å². The van der Waals surface area contributed by atoms with E-state index in [2.05, 4.69) is 17.2 Å². The lowest BCUT2D eigenvalue weighted by molar-refractivity contribution is -0.132. The molecule has 1 fully saturated rings. The van der Waals surface area contributed by atoms with Crippen LogP contribution in [0, 0.1) is 0 Å². The van der Waals surface area contributed by atoms with E-state index in [0.29, 0.717) is 25.9 Å². The minimum absolute atomic E-state index is 0.0778. The molecule has 0 aromatic heterocycles. The zero-order chi connectivity index (χ0) is 16.9. The third kappa shape index (κ3) is 3.64. The molecule has 2 rings (SSSR count). The van der Waals surface area contributed by atoms with Crippen molar-refractivity contribution in [3.63, 3.8) is 0 Å². The molecule has 1 aromatic carbocycles. The second-order valence-corrected chi connectivity index (χ2v) is 5.55. The van der Waals surface area contributed by atoms with Crippen LogP contribution >= 0.6 is 0 Å². The fraction of sp³-hybridized carbons (Fsp3) is 0.412. The van der Waals surface area contributed by atoms with Gasteiger partial charge in [0.05, 0.1) is 7.11 Å². The largest absolute Gasteiger partial charge is 0.497 e. The molecule has 6 nitrogen and oxygen atoms in total. The minimum Gasteiger partial charge on any atom is -0.497 e. The summed E-state index contributed by atoms with van der Waals surface area (Å²) < 4.78 is 5.22. The molecule has 1 aromatic rings. The number of benzene rings is 1. The van der Waals surface area contributed by atoms with Gasteiger partial charge in [0, 0.05) is 31.9 Å². The zero-order valence-corrected chi connectivity index (χ0v) is 13.6. The SMILES string of the molecule is C=CC(=O)N1CCC(Nc2cccc(OC)c2)(C(=O)NC)CC1. The van der Waals surface area contributed by atoms with Gasteiger partial charge < -0.3 is 20.3 Å². The Morgan fingerprint density at radius 3 is 2.61 bits per heavy atom. The van der Waals surface area contributed by atoms with Crippen molar-refractivity contribution in [1.29, 1.82) is 0 Å². The van der Waals surface area contributed by atoms with Crippen molar-refractivity contribution >= 4 is 17.5 Å². The number of carbonyl (C=O) groups excluding carboxylic acids is 2. The molecule has 2 N–H and O–H groups in total. The molecule has 0 saturated carbocycles. The average molecular weight is 317 g/mol. The third-order valence-corrected chi connectivity index (χ3v) is 4.22. The van der Waals surface area contributed by atoms with Gasteiger partial charge in [0.1, 0.15) is 11.3 Å². The zero-order valence-electron chi connectivity index (χ0n) is 13.6. The van der Waals surface area contributed by atoms with Gasteiger partial charge in [0.2, 0.25) is 11.8 Å². The van der Waals surface area contributed by atoms with Gasteiger partial charge in [-0.3, -0.25) is 9.59 Å². The average Bonchev–Trinajstić information content (AvgIpc) is 2.61. The molecule has 0 aliphatic carbocycles. The van der Waals surface area contributed by atoms with E-state index in [1.54, 1.807) is 19.1 Å². The van der Waals surface area contributed by atoms with E-state index in [9.17, 15) is 9.59 Å². The number of ether oxygens (including phenoxy) is 1. The second-order valence-electron chi connectivity index (χ2n) is 5.55. The van der Waals surface area contributed by atoms with Crippen LogP contribution in [0.5, 0.6) is 5.75 Å². The molecular formula is C17H23N3O3. The Bertz CT molecular complexity index is 593. The van der Waals surface area contributed by atoms with Gasteiger partial charge in [0.25, 0.3) is 0 Å². The maximum atomic E-state index is 12.5. The van der Waals surface area contributed by atoms with Crippen molar-refractivity contribution in [2.24, 2.45) is 0 Å². The van der Waals surface area contributed by atoms with E-state index in [0.717, 1.165) is 11.4 Å². The Balaban J connectivity index is 2.19. The lowest BCUT2D eigenvalue weighted by Crippen LogP contribution is -2.58. The monoisotopic (exact) mass is 317 g/mol. The summed E-state index contributed by atoms with van der Waals surface area (Å²) in [6.07, 6.45) is 2.37. The number of anilines is 1. The summed E-state index contributed by atoms with van der Waals surface area (Å²) >= 11 is 0. The van der Waals surface area contributed by atoms with Gasteiger partial charge >= 0.3 is 0 Å². The number of hydrogen-bond donors (Lipinski definition) is 2. The standard InChI is InChI=1S/C17H23N3O3/c1-4-15(21)20-10-8-17(9-11-20,16(22)18-2)19-13-6-5-7-14(12-13)23-3/h4-7,12,19H,1,8-11H2,2-3H3,(H,18,22). The molecule has 0 atom stereocenters. The molecular weight excluding hydrogens is 294 g/mol. The number of rotatable bonds is 5. The third-order valence-electron chi connectivity index (χ3n) is 4.22. The number of likely N-dealkylation sites (tertiary alicyclic amines) is 1. The first kappa shape index (κ1) is 16.9. The summed E-state index contributed by atoms with van der Waals surface area (Å²) in [5.74, 6) is 0.546. The maximum Gasteiger partial charge on any atom is 0.245 e. The number of likely N-dealkylation sites (N-methyl/N-ethyl adjacent to an activating group) is 1. The van der Waals surface area contributed by atoms with Crippen molar-refractivity contribution in [2.75, 3.05) is 32.6 Å². The number of nitrogens with one attached hydrogen (secondary N) is 2. The van der Waals surface area contributed by atoms with Gasteiger partial charge in [0.15, 0.2) is 0 Å². The van der Waals surface area contributed by atoms with Gasteiger partial charge in [-0.1, -0.05) is 12.6 Å². The summed E-state index contributed by atoms with van der Waals surface area (Å²) in [6.45, 7) is 4.53. The summed E-state index contributed by atoms with van der Waals surface area (Å²) in [5, 5.41) is 6.07. The first-order chi connectivity index (χ1) is 11.0. The smallest absolute Gasteiger partial charge is 0.245 e. The molecule has 6 heteroatoms. The summed E-state index contributed by atoms with van der Waals surface area (Å²) in [7, 11) is 3.23. The van der Waals surface area contributed by atoms with Gasteiger partial charge in [-0.2, -0.15) is 0 Å². The number of piperidine rings is 1. The van der Waals surface area contributed by atoms with Crippen LogP contribution in [0.4, 0.5) is 5.69 Å². The van der Waals surface area contributed by atoms with Crippen LogP contribution in [-0.2, 0) is 9.59 Å². The molecule has 0 spiro atoms. The van der Waals surface area contributed by atoms with Gasteiger partial charge in [-0.05, 0) is 31.1 Å². The second kappa shape index (κ2) is 7.17. The molecule has 1 aliphatic rings. The van der Waals surface area contributed by atoms with Crippen LogP contribution in [-0.4, -0.2) is 49.5 Å². The van der Waals surface area contributed by atoms with E-state index in [-0.39, 0.29) is 11.8 Å². The minimum atomic E-state index is -0.737.